The largest absolute Gasteiger partial charge is 0.381 e. The molecule has 0 atom stereocenters. The summed E-state index contributed by atoms with van der Waals surface area (Å²) in [5.74, 6) is -2.05. The van der Waals surface area contributed by atoms with E-state index in [2.05, 4.69) is 15.3 Å². The monoisotopic (exact) mass is 268 g/mol. The predicted octanol–water partition coefficient (Wildman–Crippen LogP) is 1.58. The van der Waals surface area contributed by atoms with Crippen LogP contribution in [0.5, 0.6) is 0 Å². The Labute approximate surface area is 109 Å². The Balaban J connectivity index is 2.01. The summed E-state index contributed by atoms with van der Waals surface area (Å²) in [4.78, 5) is 3.23. The fraction of sp³-hybridized carbons (Fsp3) is 0.417. The van der Waals surface area contributed by atoms with Gasteiger partial charge in [-0.2, -0.15) is 4.39 Å². The van der Waals surface area contributed by atoms with Crippen molar-refractivity contribution >= 4 is 0 Å². The van der Waals surface area contributed by atoms with Crippen LogP contribution in [0.25, 0.3) is 0 Å². The first-order chi connectivity index (χ1) is 9.20. The Morgan fingerprint density at radius 1 is 1.37 bits per heavy atom. The molecule has 0 saturated heterocycles. The van der Waals surface area contributed by atoms with Crippen molar-refractivity contribution in [2.75, 3.05) is 13.2 Å². The molecule has 2 aromatic rings. The predicted molar refractivity (Wildman–Crippen MR) is 63.5 cm³/mol. The molecule has 19 heavy (non-hydrogen) atoms. The van der Waals surface area contributed by atoms with Gasteiger partial charge < -0.3 is 4.74 Å². The highest BCUT2D eigenvalue weighted by Gasteiger charge is 2.10. The molecule has 0 fully saturated rings. The van der Waals surface area contributed by atoms with Crippen LogP contribution in [0.4, 0.5) is 8.78 Å². The molecule has 0 saturated carbocycles. The number of halogens is 2. The first-order valence-corrected chi connectivity index (χ1v) is 5.96. The first kappa shape index (κ1) is 13.5. The number of pyridine rings is 1. The lowest BCUT2D eigenvalue weighted by molar-refractivity contribution is 0.150. The molecule has 0 amide bonds. The summed E-state index contributed by atoms with van der Waals surface area (Å²) < 4.78 is 33.0. The molecule has 0 spiro atoms. The zero-order chi connectivity index (χ0) is 13.7. The normalized spacial score (nSPS) is 10.9. The van der Waals surface area contributed by atoms with Crippen LogP contribution in [0.2, 0.25) is 0 Å². The summed E-state index contributed by atoms with van der Waals surface area (Å²) in [5.41, 5.74) is 0.942. The van der Waals surface area contributed by atoms with Gasteiger partial charge in [0, 0.05) is 31.0 Å². The van der Waals surface area contributed by atoms with E-state index in [0.29, 0.717) is 19.6 Å². The van der Waals surface area contributed by atoms with Gasteiger partial charge in [0.15, 0.2) is 5.82 Å². The van der Waals surface area contributed by atoms with Gasteiger partial charge in [0.05, 0.1) is 18.8 Å². The minimum Gasteiger partial charge on any atom is -0.381 e. The Hall–Kier alpha value is -1.89. The zero-order valence-electron chi connectivity index (χ0n) is 10.5. The van der Waals surface area contributed by atoms with Gasteiger partial charge in [0.1, 0.15) is 0 Å². The summed E-state index contributed by atoms with van der Waals surface area (Å²) in [6, 6.07) is 1.42. The van der Waals surface area contributed by atoms with Crippen molar-refractivity contribution in [3.05, 3.63) is 41.5 Å². The summed E-state index contributed by atoms with van der Waals surface area (Å²) >= 11 is 0. The van der Waals surface area contributed by atoms with E-state index in [4.69, 9.17) is 4.74 Å². The van der Waals surface area contributed by atoms with Crippen molar-refractivity contribution in [2.45, 2.75) is 19.9 Å². The second kappa shape index (κ2) is 6.33. The van der Waals surface area contributed by atoms with E-state index in [1.807, 2.05) is 6.92 Å². The Morgan fingerprint density at radius 3 is 3.00 bits per heavy atom. The molecule has 0 aromatic carbocycles. The van der Waals surface area contributed by atoms with Gasteiger partial charge in [-0.25, -0.2) is 14.1 Å². The molecule has 0 radical (unpaired) electrons. The molecule has 2 rings (SSSR count). The summed E-state index contributed by atoms with van der Waals surface area (Å²) in [6.07, 6.45) is 3.55. The smallest absolute Gasteiger partial charge is 0.249 e. The molecule has 7 heteroatoms. The highest BCUT2D eigenvalue weighted by Crippen LogP contribution is 2.10. The van der Waals surface area contributed by atoms with Gasteiger partial charge in [0.25, 0.3) is 0 Å². The van der Waals surface area contributed by atoms with Crippen LogP contribution in [0.1, 0.15) is 18.2 Å². The lowest BCUT2D eigenvalue weighted by Crippen LogP contribution is -2.05. The fourth-order valence-corrected chi connectivity index (χ4v) is 1.60. The van der Waals surface area contributed by atoms with Gasteiger partial charge >= 0.3 is 0 Å². The molecule has 0 aliphatic heterocycles. The SMILES string of the molecule is CCOCCc1cn(Cc2ccnc(F)c2F)nn1. The van der Waals surface area contributed by atoms with E-state index in [0.717, 1.165) is 5.69 Å². The highest BCUT2D eigenvalue weighted by molar-refractivity contribution is 5.14. The summed E-state index contributed by atoms with van der Waals surface area (Å²) in [7, 11) is 0. The van der Waals surface area contributed by atoms with Crippen molar-refractivity contribution in [2.24, 2.45) is 0 Å². The molecule has 102 valence electrons. The quantitative estimate of drug-likeness (QED) is 0.589. The van der Waals surface area contributed by atoms with Crippen LogP contribution < -0.4 is 0 Å². The number of rotatable bonds is 6. The molecule has 0 aliphatic carbocycles. The van der Waals surface area contributed by atoms with Crippen molar-refractivity contribution in [3.63, 3.8) is 0 Å². The van der Waals surface area contributed by atoms with Crippen molar-refractivity contribution in [1.29, 1.82) is 0 Å². The second-order valence-electron chi connectivity index (χ2n) is 3.93. The molecule has 0 N–H and O–H groups in total. The maximum Gasteiger partial charge on any atom is 0.249 e. The number of hydrogen-bond donors (Lipinski definition) is 0. The van der Waals surface area contributed by atoms with Crippen LogP contribution in [-0.2, 0) is 17.7 Å². The maximum absolute atomic E-state index is 13.4. The zero-order valence-corrected chi connectivity index (χ0v) is 10.5. The van der Waals surface area contributed by atoms with Gasteiger partial charge in [-0.1, -0.05) is 5.21 Å². The third-order valence-electron chi connectivity index (χ3n) is 2.55. The van der Waals surface area contributed by atoms with Crippen molar-refractivity contribution in [3.8, 4) is 0 Å². The van der Waals surface area contributed by atoms with E-state index >= 15 is 0 Å². The van der Waals surface area contributed by atoms with E-state index in [9.17, 15) is 8.78 Å². The Morgan fingerprint density at radius 2 is 2.21 bits per heavy atom. The van der Waals surface area contributed by atoms with E-state index in [-0.39, 0.29) is 12.1 Å². The van der Waals surface area contributed by atoms with Crippen LogP contribution in [0.15, 0.2) is 18.5 Å². The average molecular weight is 268 g/mol. The van der Waals surface area contributed by atoms with Crippen molar-refractivity contribution in [1.82, 2.24) is 20.0 Å². The standard InChI is InChI=1S/C12H14F2N4O/c1-2-19-6-4-10-8-18(17-16-10)7-9-3-5-15-12(14)11(9)13/h3,5,8H,2,4,6-7H2,1H3. The molecule has 2 heterocycles. The minimum atomic E-state index is -1.10. The Kier molecular flexibility index (Phi) is 4.51. The third-order valence-corrected chi connectivity index (χ3v) is 2.55. The number of hydrogen-bond acceptors (Lipinski definition) is 4. The number of nitrogens with zero attached hydrogens (tertiary/aromatic N) is 4. The Bertz CT molecular complexity index is 544. The fourth-order valence-electron chi connectivity index (χ4n) is 1.60. The summed E-state index contributed by atoms with van der Waals surface area (Å²) in [5, 5.41) is 7.80. The van der Waals surface area contributed by atoms with Crippen molar-refractivity contribution < 1.29 is 13.5 Å². The topological polar surface area (TPSA) is 52.8 Å². The number of ether oxygens (including phenoxy) is 1. The average Bonchev–Trinajstić information content (AvgIpc) is 2.83. The van der Waals surface area contributed by atoms with Crippen LogP contribution in [-0.4, -0.2) is 33.2 Å². The van der Waals surface area contributed by atoms with Crippen LogP contribution in [0, 0.1) is 11.8 Å². The molecular formula is C12H14F2N4O. The molecule has 0 aliphatic rings. The molecule has 0 unspecified atom stereocenters. The van der Waals surface area contributed by atoms with Gasteiger partial charge in [-0.15, -0.1) is 5.10 Å². The lowest BCUT2D eigenvalue weighted by Gasteiger charge is -2.02. The van der Waals surface area contributed by atoms with Crippen LogP contribution in [0.3, 0.4) is 0 Å². The van der Waals surface area contributed by atoms with E-state index in [1.54, 1.807) is 6.20 Å². The first-order valence-electron chi connectivity index (χ1n) is 5.96. The summed E-state index contributed by atoms with van der Waals surface area (Å²) in [6.45, 7) is 3.24. The second-order valence-corrected chi connectivity index (χ2v) is 3.93. The molecule has 0 bridgehead atoms. The maximum atomic E-state index is 13.4. The van der Waals surface area contributed by atoms with Gasteiger partial charge in [-0.05, 0) is 13.0 Å². The highest BCUT2D eigenvalue weighted by atomic mass is 19.2. The van der Waals surface area contributed by atoms with Gasteiger partial charge in [0.2, 0.25) is 5.95 Å². The molecular weight excluding hydrogens is 254 g/mol. The minimum absolute atomic E-state index is 0.118. The lowest BCUT2D eigenvalue weighted by atomic mass is 10.2. The number of aromatic nitrogens is 4. The molecule has 5 nitrogen and oxygen atoms in total. The molecule has 2 aromatic heterocycles. The van der Waals surface area contributed by atoms with Crippen LogP contribution >= 0.6 is 0 Å². The van der Waals surface area contributed by atoms with Gasteiger partial charge in [-0.3, -0.25) is 0 Å². The van der Waals surface area contributed by atoms with E-state index in [1.165, 1.54) is 16.9 Å². The van der Waals surface area contributed by atoms with E-state index < -0.39 is 11.8 Å². The third kappa shape index (κ3) is 3.54.